The summed E-state index contributed by atoms with van der Waals surface area (Å²) >= 11 is 13.6. The van der Waals surface area contributed by atoms with Gasteiger partial charge >= 0.3 is 0 Å². The highest BCUT2D eigenvalue weighted by Crippen LogP contribution is 2.43. The number of halogens is 2. The molecule has 2 aromatic heterocycles. The molecular formula is C40H50Cl2N2O3. The van der Waals surface area contributed by atoms with E-state index in [1.165, 1.54) is 51.4 Å². The second-order valence-corrected chi connectivity index (χ2v) is 14.1. The van der Waals surface area contributed by atoms with E-state index < -0.39 is 0 Å². The first-order valence-corrected chi connectivity index (χ1v) is 18.4. The van der Waals surface area contributed by atoms with Gasteiger partial charge in [0.05, 0.1) is 24.2 Å². The molecule has 0 N–H and O–H groups in total. The zero-order valence-electron chi connectivity index (χ0n) is 29.1. The summed E-state index contributed by atoms with van der Waals surface area (Å²) < 4.78 is 14.5. The summed E-state index contributed by atoms with van der Waals surface area (Å²) in [6.07, 6.45) is 14.3. The Kier molecular flexibility index (Phi) is 12.0. The van der Waals surface area contributed by atoms with Gasteiger partial charge in [0.25, 0.3) is 5.56 Å². The van der Waals surface area contributed by atoms with Crippen molar-refractivity contribution >= 4 is 67.0 Å². The first-order chi connectivity index (χ1) is 22.7. The molecule has 0 spiro atoms. The summed E-state index contributed by atoms with van der Waals surface area (Å²) in [6, 6.07) is 7.83. The normalized spacial score (nSPS) is 12.6. The van der Waals surface area contributed by atoms with Crippen LogP contribution >= 0.6 is 23.2 Å². The second-order valence-electron chi connectivity index (χ2n) is 13.2. The van der Waals surface area contributed by atoms with Crippen molar-refractivity contribution in [1.29, 1.82) is 0 Å². The number of unbranched alkanes of at least 4 members (excludes halogenated alkanes) is 10. The van der Waals surface area contributed by atoms with Gasteiger partial charge in [-0.05, 0) is 74.8 Å². The van der Waals surface area contributed by atoms with Gasteiger partial charge in [-0.25, -0.2) is 4.98 Å². The number of hydrogen-bond acceptors (Lipinski definition) is 4. The summed E-state index contributed by atoms with van der Waals surface area (Å²) in [5.41, 5.74) is 5.74. The molecule has 0 atom stereocenters. The second kappa shape index (κ2) is 15.9. The monoisotopic (exact) mass is 676 g/mol. The number of allylic oxidation sites excluding steroid dienone is 2. The van der Waals surface area contributed by atoms with Crippen molar-refractivity contribution in [1.82, 2.24) is 9.38 Å². The largest absolute Gasteiger partial charge is 0.490 e. The number of nitrogens with zero attached hydrogens (tertiary/aromatic N) is 2. The molecule has 0 saturated carbocycles. The molecule has 0 aliphatic carbocycles. The summed E-state index contributed by atoms with van der Waals surface area (Å²) in [4.78, 5) is 19.5. The molecule has 0 saturated heterocycles. The lowest BCUT2D eigenvalue weighted by molar-refractivity contribution is 0.259. The van der Waals surface area contributed by atoms with E-state index in [9.17, 15) is 4.79 Å². The van der Waals surface area contributed by atoms with Crippen LogP contribution in [0.3, 0.4) is 0 Å². The molecule has 252 valence electrons. The van der Waals surface area contributed by atoms with Gasteiger partial charge in [0.15, 0.2) is 11.5 Å². The summed E-state index contributed by atoms with van der Waals surface area (Å²) in [7, 11) is 0. The fourth-order valence-corrected chi connectivity index (χ4v) is 7.17. The number of pyridine rings is 1. The number of ether oxygens (including phenoxy) is 2. The average Bonchev–Trinajstić information content (AvgIpc) is 3.42. The molecule has 0 unspecified atom stereocenters. The van der Waals surface area contributed by atoms with Crippen LogP contribution in [-0.4, -0.2) is 22.6 Å². The molecule has 0 aliphatic rings. The van der Waals surface area contributed by atoms with Crippen molar-refractivity contribution < 1.29 is 9.47 Å². The Morgan fingerprint density at radius 3 is 1.94 bits per heavy atom. The zero-order chi connectivity index (χ0) is 33.7. The van der Waals surface area contributed by atoms with E-state index in [1.54, 1.807) is 4.40 Å². The molecule has 5 aromatic rings. The maximum atomic E-state index is 14.4. The van der Waals surface area contributed by atoms with Gasteiger partial charge in [-0.15, -0.1) is 0 Å². The minimum atomic E-state index is -0.108. The standard InChI is InChI=1S/C40H50Cl2N2O3/c1-7-9-11-13-15-17-19-46-34-23-32-33(24-35(34)47-20-18-16-14-12-10-8-2)44-39(43-32)29-22-31(42)36(27(5)28(6)41)37-26(4)25(3)21-30(38(29)37)40(44)45/h21-24H,7-20H2,1-6H3/b28-27-. The maximum Gasteiger partial charge on any atom is 0.264 e. The van der Waals surface area contributed by atoms with Gasteiger partial charge in [-0.2, -0.15) is 0 Å². The van der Waals surface area contributed by atoms with Gasteiger partial charge in [0, 0.05) is 43.9 Å². The number of rotatable bonds is 17. The van der Waals surface area contributed by atoms with Crippen molar-refractivity contribution in [3.8, 4) is 11.5 Å². The molecule has 0 amide bonds. The lowest BCUT2D eigenvalue weighted by Gasteiger charge is -2.18. The maximum absolute atomic E-state index is 14.4. The Labute approximate surface area is 289 Å². The molecule has 47 heavy (non-hydrogen) atoms. The SMILES string of the molecule is CCCCCCCCOc1cc2nc3c4cc(Cl)c(/C(C)=C(/C)Cl)c5c(C)c(C)cc(c(=O)n3c2cc1OCCCCCCCC)c54. The molecule has 5 rings (SSSR count). The highest BCUT2D eigenvalue weighted by Gasteiger charge is 2.24. The van der Waals surface area contributed by atoms with Crippen LogP contribution < -0.4 is 15.0 Å². The van der Waals surface area contributed by atoms with Crippen molar-refractivity contribution in [2.75, 3.05) is 13.2 Å². The number of benzene rings is 3. The Bertz CT molecular complexity index is 1960. The molecule has 0 radical (unpaired) electrons. The van der Waals surface area contributed by atoms with Crippen LogP contribution in [0.1, 0.15) is 121 Å². The first-order valence-electron chi connectivity index (χ1n) is 17.7. The van der Waals surface area contributed by atoms with Crippen LogP contribution in [0.15, 0.2) is 34.1 Å². The average molecular weight is 678 g/mol. The highest BCUT2D eigenvalue weighted by atomic mass is 35.5. The molecule has 0 aliphatic heterocycles. The highest BCUT2D eigenvalue weighted by molar-refractivity contribution is 6.38. The third kappa shape index (κ3) is 7.37. The van der Waals surface area contributed by atoms with Gasteiger partial charge in [-0.3, -0.25) is 9.20 Å². The summed E-state index contributed by atoms with van der Waals surface area (Å²) in [5, 5.41) is 4.56. The number of hydrogen-bond donors (Lipinski definition) is 0. The van der Waals surface area contributed by atoms with Gasteiger partial charge in [-0.1, -0.05) is 101 Å². The van der Waals surface area contributed by atoms with E-state index in [0.29, 0.717) is 56.8 Å². The molecule has 3 aromatic carbocycles. The van der Waals surface area contributed by atoms with E-state index in [0.717, 1.165) is 64.1 Å². The molecular weight excluding hydrogens is 627 g/mol. The first kappa shape index (κ1) is 35.3. The molecule has 5 nitrogen and oxygen atoms in total. The molecule has 0 bridgehead atoms. The number of imidazole rings is 1. The van der Waals surface area contributed by atoms with Crippen LogP contribution in [0.2, 0.25) is 5.02 Å². The fourth-order valence-electron chi connectivity index (χ4n) is 6.73. The van der Waals surface area contributed by atoms with Crippen LogP contribution in [-0.2, 0) is 0 Å². The Hall–Kier alpha value is -3.02. The lowest BCUT2D eigenvalue weighted by atomic mass is 9.89. The fraction of sp³-hybridized carbons (Fsp3) is 0.500. The van der Waals surface area contributed by atoms with E-state index in [-0.39, 0.29) is 5.56 Å². The topological polar surface area (TPSA) is 52.8 Å². The van der Waals surface area contributed by atoms with E-state index in [2.05, 4.69) is 20.8 Å². The Balaban J connectivity index is 1.62. The van der Waals surface area contributed by atoms with Gasteiger partial charge in [0.2, 0.25) is 0 Å². The van der Waals surface area contributed by atoms with E-state index in [4.69, 9.17) is 37.7 Å². The van der Waals surface area contributed by atoms with E-state index >= 15 is 0 Å². The van der Waals surface area contributed by atoms with Crippen LogP contribution in [0.4, 0.5) is 0 Å². The van der Waals surface area contributed by atoms with Crippen molar-refractivity contribution in [3.05, 3.63) is 61.4 Å². The summed E-state index contributed by atoms with van der Waals surface area (Å²) in [5.74, 6) is 1.34. The Morgan fingerprint density at radius 1 is 0.766 bits per heavy atom. The smallest absolute Gasteiger partial charge is 0.264 e. The third-order valence-corrected chi connectivity index (χ3v) is 10.3. The minimum absolute atomic E-state index is 0.108. The predicted molar refractivity (Wildman–Crippen MR) is 202 cm³/mol. The molecule has 2 heterocycles. The van der Waals surface area contributed by atoms with Crippen LogP contribution in [0, 0.1) is 13.8 Å². The van der Waals surface area contributed by atoms with Crippen LogP contribution in [0.25, 0.3) is 43.8 Å². The minimum Gasteiger partial charge on any atom is -0.490 e. The predicted octanol–water partition coefficient (Wildman–Crippen LogP) is 12.3. The van der Waals surface area contributed by atoms with Crippen LogP contribution in [0.5, 0.6) is 11.5 Å². The van der Waals surface area contributed by atoms with E-state index in [1.807, 2.05) is 45.0 Å². The number of fused-ring (bicyclic) bond motifs is 4. The van der Waals surface area contributed by atoms with Gasteiger partial charge < -0.3 is 9.47 Å². The quantitative estimate of drug-likeness (QED) is 0.0919. The van der Waals surface area contributed by atoms with Gasteiger partial charge in [0.1, 0.15) is 5.65 Å². The number of aromatic nitrogens is 2. The number of aryl methyl sites for hydroxylation is 2. The Morgan fingerprint density at radius 2 is 1.34 bits per heavy atom. The lowest BCUT2D eigenvalue weighted by Crippen LogP contribution is -2.14. The van der Waals surface area contributed by atoms with Crippen molar-refractivity contribution in [2.45, 2.75) is 119 Å². The van der Waals surface area contributed by atoms with Crippen molar-refractivity contribution in [3.63, 3.8) is 0 Å². The third-order valence-electron chi connectivity index (χ3n) is 9.67. The van der Waals surface area contributed by atoms with Crippen molar-refractivity contribution in [2.24, 2.45) is 0 Å². The summed E-state index contributed by atoms with van der Waals surface area (Å²) in [6.45, 7) is 13.7. The zero-order valence-corrected chi connectivity index (χ0v) is 30.6. The molecule has 7 heteroatoms. The molecule has 0 fully saturated rings.